The van der Waals surface area contributed by atoms with Crippen molar-refractivity contribution in [3.63, 3.8) is 0 Å². The minimum absolute atomic E-state index is 0.00506. The number of urea groups is 1. The number of carboxylic acids is 1. The maximum Gasteiger partial charge on any atom is 0.318 e. The van der Waals surface area contributed by atoms with Gasteiger partial charge in [0.25, 0.3) is 0 Å². The van der Waals surface area contributed by atoms with Crippen LogP contribution in [0.3, 0.4) is 0 Å². The molecule has 2 rings (SSSR count). The smallest absolute Gasteiger partial charge is 0.318 e. The Balaban J connectivity index is 2.02. The maximum absolute atomic E-state index is 12.3. The molecule has 6 nitrogen and oxygen atoms in total. The molecule has 0 aliphatic carbocycles. The van der Waals surface area contributed by atoms with Crippen LogP contribution in [0.5, 0.6) is 0 Å². The lowest BCUT2D eigenvalue weighted by molar-refractivity contribution is -0.137. The van der Waals surface area contributed by atoms with Crippen molar-refractivity contribution in [2.45, 2.75) is 44.7 Å². The van der Waals surface area contributed by atoms with Crippen LogP contribution in [0.1, 0.15) is 38.1 Å². The van der Waals surface area contributed by atoms with Gasteiger partial charge in [-0.15, -0.1) is 11.3 Å². The number of aliphatic carboxylic acids is 1. The third kappa shape index (κ3) is 3.27. The van der Waals surface area contributed by atoms with E-state index in [2.05, 4.69) is 10.3 Å². The van der Waals surface area contributed by atoms with Gasteiger partial charge in [-0.3, -0.25) is 4.79 Å². The van der Waals surface area contributed by atoms with Gasteiger partial charge in [0.05, 0.1) is 12.0 Å². The highest BCUT2D eigenvalue weighted by Gasteiger charge is 2.34. The van der Waals surface area contributed by atoms with Gasteiger partial charge in [0.15, 0.2) is 0 Å². The molecule has 1 aliphatic heterocycles. The molecular formula is C13H19N3O3S. The van der Waals surface area contributed by atoms with E-state index < -0.39 is 11.5 Å². The Morgan fingerprint density at radius 2 is 2.35 bits per heavy atom. The van der Waals surface area contributed by atoms with Crippen molar-refractivity contribution in [1.29, 1.82) is 0 Å². The van der Waals surface area contributed by atoms with Crippen LogP contribution < -0.4 is 5.32 Å². The highest BCUT2D eigenvalue weighted by molar-refractivity contribution is 7.09. The first-order valence-corrected chi connectivity index (χ1v) is 7.48. The van der Waals surface area contributed by atoms with E-state index >= 15 is 0 Å². The summed E-state index contributed by atoms with van der Waals surface area (Å²) in [6, 6.07) is -0.423. The fourth-order valence-corrected chi connectivity index (χ4v) is 3.16. The van der Waals surface area contributed by atoms with E-state index in [0.717, 1.165) is 17.8 Å². The molecule has 0 aromatic carbocycles. The molecule has 110 valence electrons. The second kappa shape index (κ2) is 5.78. The zero-order valence-corrected chi connectivity index (χ0v) is 12.4. The molecule has 0 saturated carbocycles. The van der Waals surface area contributed by atoms with Crippen LogP contribution in [-0.4, -0.2) is 39.6 Å². The normalized spacial score (nSPS) is 19.1. The standard InChI is InChI=1S/C13H19N3O3S/c1-13(2,11-14-5-7-20-11)15-12(19)16-6-3-4-9(16)8-10(17)18/h5,7,9H,3-4,6,8H2,1-2H3,(H,15,19)(H,17,18). The van der Waals surface area contributed by atoms with E-state index in [1.165, 1.54) is 11.3 Å². The predicted octanol–water partition coefficient (Wildman–Crippen LogP) is 2.03. The minimum atomic E-state index is -0.867. The summed E-state index contributed by atoms with van der Waals surface area (Å²) < 4.78 is 0. The predicted molar refractivity (Wildman–Crippen MR) is 75.7 cm³/mol. The van der Waals surface area contributed by atoms with E-state index in [1.807, 2.05) is 19.2 Å². The lowest BCUT2D eigenvalue weighted by Crippen LogP contribution is -2.50. The second-order valence-electron chi connectivity index (χ2n) is 5.48. The zero-order chi connectivity index (χ0) is 14.8. The third-order valence-electron chi connectivity index (χ3n) is 3.43. The molecule has 1 aromatic heterocycles. The van der Waals surface area contributed by atoms with Crippen molar-refractivity contribution >= 4 is 23.3 Å². The highest BCUT2D eigenvalue weighted by atomic mass is 32.1. The molecule has 7 heteroatoms. The Hall–Kier alpha value is -1.63. The Morgan fingerprint density at radius 3 is 2.95 bits per heavy atom. The Morgan fingerprint density at radius 1 is 1.60 bits per heavy atom. The quantitative estimate of drug-likeness (QED) is 0.890. The van der Waals surface area contributed by atoms with Gasteiger partial charge in [-0.05, 0) is 26.7 Å². The average molecular weight is 297 g/mol. The molecular weight excluding hydrogens is 278 g/mol. The van der Waals surface area contributed by atoms with Crippen molar-refractivity contribution in [2.75, 3.05) is 6.54 Å². The number of amides is 2. The van der Waals surface area contributed by atoms with Crippen LogP contribution in [-0.2, 0) is 10.3 Å². The maximum atomic E-state index is 12.3. The van der Waals surface area contributed by atoms with Crippen LogP contribution in [0.15, 0.2) is 11.6 Å². The number of nitrogens with zero attached hydrogens (tertiary/aromatic N) is 2. The zero-order valence-electron chi connectivity index (χ0n) is 11.6. The molecule has 0 radical (unpaired) electrons. The minimum Gasteiger partial charge on any atom is -0.481 e. The summed E-state index contributed by atoms with van der Waals surface area (Å²) in [6.07, 6.45) is 3.31. The molecule has 2 heterocycles. The molecule has 0 bridgehead atoms. The van der Waals surface area contributed by atoms with Crippen molar-refractivity contribution in [1.82, 2.24) is 15.2 Å². The van der Waals surface area contributed by atoms with E-state index in [-0.39, 0.29) is 18.5 Å². The summed E-state index contributed by atoms with van der Waals surface area (Å²) in [7, 11) is 0. The molecule has 20 heavy (non-hydrogen) atoms. The van der Waals surface area contributed by atoms with Gasteiger partial charge in [-0.25, -0.2) is 9.78 Å². The van der Waals surface area contributed by atoms with Gasteiger partial charge < -0.3 is 15.3 Å². The van der Waals surface area contributed by atoms with E-state index in [9.17, 15) is 9.59 Å². The van der Waals surface area contributed by atoms with Gasteiger partial charge in [0.2, 0.25) is 0 Å². The molecule has 0 spiro atoms. The molecule has 2 amide bonds. The molecule has 2 N–H and O–H groups in total. The summed E-state index contributed by atoms with van der Waals surface area (Å²) in [5.41, 5.74) is -0.554. The Kier molecular flexibility index (Phi) is 4.27. The SMILES string of the molecule is CC(C)(NC(=O)N1CCCC1CC(=O)O)c1nccs1. The van der Waals surface area contributed by atoms with Gasteiger partial charge in [0.1, 0.15) is 5.01 Å². The molecule has 1 aliphatic rings. The monoisotopic (exact) mass is 297 g/mol. The van der Waals surface area contributed by atoms with Gasteiger partial charge in [0, 0.05) is 24.2 Å². The second-order valence-corrected chi connectivity index (χ2v) is 6.37. The van der Waals surface area contributed by atoms with Crippen LogP contribution in [0.4, 0.5) is 4.79 Å². The number of carbonyl (C=O) groups is 2. The van der Waals surface area contributed by atoms with E-state index in [0.29, 0.717) is 6.54 Å². The fraction of sp³-hybridized carbons (Fsp3) is 0.615. The van der Waals surface area contributed by atoms with E-state index in [1.54, 1.807) is 11.1 Å². The van der Waals surface area contributed by atoms with Gasteiger partial charge in [-0.1, -0.05) is 0 Å². The number of rotatable bonds is 4. The summed E-state index contributed by atoms with van der Waals surface area (Å²) in [5.74, 6) is -0.867. The number of aromatic nitrogens is 1. The Labute approximate surface area is 121 Å². The van der Waals surface area contributed by atoms with Crippen molar-refractivity contribution in [3.8, 4) is 0 Å². The number of carboxylic acid groups (broad SMARTS) is 1. The molecule has 1 unspecified atom stereocenters. The van der Waals surface area contributed by atoms with Crippen LogP contribution >= 0.6 is 11.3 Å². The largest absolute Gasteiger partial charge is 0.481 e. The van der Waals surface area contributed by atoms with Gasteiger partial charge in [-0.2, -0.15) is 0 Å². The first-order valence-electron chi connectivity index (χ1n) is 6.60. The number of likely N-dealkylation sites (tertiary alicyclic amines) is 1. The number of nitrogens with one attached hydrogen (secondary N) is 1. The third-order valence-corrected chi connectivity index (χ3v) is 4.53. The molecule has 1 saturated heterocycles. The van der Waals surface area contributed by atoms with Crippen molar-refractivity contribution < 1.29 is 14.7 Å². The number of carbonyl (C=O) groups excluding carboxylic acids is 1. The van der Waals surface area contributed by atoms with Crippen molar-refractivity contribution in [2.24, 2.45) is 0 Å². The molecule has 1 fully saturated rings. The Bertz CT molecular complexity index is 487. The molecule has 1 atom stereocenters. The van der Waals surface area contributed by atoms with Crippen molar-refractivity contribution in [3.05, 3.63) is 16.6 Å². The summed E-state index contributed by atoms with van der Waals surface area (Å²) in [4.78, 5) is 29.0. The summed E-state index contributed by atoms with van der Waals surface area (Å²) in [5, 5.41) is 14.5. The van der Waals surface area contributed by atoms with E-state index in [4.69, 9.17) is 5.11 Å². The average Bonchev–Trinajstić information content (AvgIpc) is 2.97. The number of hydrogen-bond acceptors (Lipinski definition) is 4. The summed E-state index contributed by atoms with van der Waals surface area (Å²) in [6.45, 7) is 4.40. The number of hydrogen-bond donors (Lipinski definition) is 2. The highest BCUT2D eigenvalue weighted by Crippen LogP contribution is 2.25. The fourth-order valence-electron chi connectivity index (χ4n) is 2.44. The first kappa shape index (κ1) is 14.8. The number of thiazole rings is 1. The topological polar surface area (TPSA) is 82.5 Å². The van der Waals surface area contributed by atoms with Crippen LogP contribution in [0, 0.1) is 0 Å². The van der Waals surface area contributed by atoms with Gasteiger partial charge >= 0.3 is 12.0 Å². The lowest BCUT2D eigenvalue weighted by Gasteiger charge is -2.30. The molecule has 1 aromatic rings. The first-order chi connectivity index (χ1) is 9.40. The summed E-state index contributed by atoms with van der Waals surface area (Å²) >= 11 is 1.49. The van der Waals surface area contributed by atoms with Crippen LogP contribution in [0.2, 0.25) is 0 Å². The lowest BCUT2D eigenvalue weighted by atomic mass is 10.1. The van der Waals surface area contributed by atoms with Crippen LogP contribution in [0.25, 0.3) is 0 Å².